The molecule has 0 saturated carbocycles. The van der Waals surface area contributed by atoms with Gasteiger partial charge in [-0.25, -0.2) is 0 Å². The molecule has 3 heteroatoms. The van der Waals surface area contributed by atoms with Crippen molar-refractivity contribution in [3.63, 3.8) is 0 Å². The molecule has 0 saturated heterocycles. The van der Waals surface area contributed by atoms with Crippen LogP contribution in [0.15, 0.2) is 40.8 Å². The largest absolute Gasteiger partial charge is 0.478 e. The van der Waals surface area contributed by atoms with Gasteiger partial charge in [0, 0.05) is 5.56 Å². The van der Waals surface area contributed by atoms with Crippen LogP contribution >= 0.6 is 0 Å². The third kappa shape index (κ3) is 1.34. The van der Waals surface area contributed by atoms with Gasteiger partial charge in [-0.1, -0.05) is 30.3 Å². The smallest absolute Gasteiger partial charge is 0.368 e. The normalized spacial score (nSPS) is 9.64. The van der Waals surface area contributed by atoms with Crippen LogP contribution in [-0.2, 0) is 0 Å². The average molecular weight is 184 g/mol. The molecule has 0 fully saturated rings. The van der Waals surface area contributed by atoms with Crippen LogP contribution < -0.4 is 5.73 Å². The Morgan fingerprint density at radius 1 is 1.21 bits per heavy atom. The lowest BCUT2D eigenvalue weighted by molar-refractivity contribution is 0.608. The minimum atomic E-state index is 0.156. The minimum Gasteiger partial charge on any atom is -0.478 e. The molecule has 2 aromatic rings. The maximum absolute atomic E-state index is 6.81. The van der Waals surface area contributed by atoms with E-state index >= 15 is 0 Å². The zero-order valence-corrected chi connectivity index (χ0v) is 7.40. The first-order valence-corrected chi connectivity index (χ1v) is 4.13. The van der Waals surface area contributed by atoms with E-state index in [9.17, 15) is 0 Å². The van der Waals surface area contributed by atoms with Gasteiger partial charge in [0.2, 0.25) is 0 Å². The molecule has 2 rings (SSSR count). The van der Waals surface area contributed by atoms with E-state index in [-0.39, 0.29) is 5.88 Å². The van der Waals surface area contributed by atoms with E-state index < -0.39 is 0 Å². The lowest BCUT2D eigenvalue weighted by Crippen LogP contribution is -1.77. The Hall–Kier alpha value is -2.21. The van der Waals surface area contributed by atoms with E-state index in [0.717, 1.165) is 5.56 Å². The molecule has 0 aliphatic carbocycles. The van der Waals surface area contributed by atoms with Gasteiger partial charge in [0.15, 0.2) is 0 Å². The van der Waals surface area contributed by atoms with Crippen molar-refractivity contribution in [2.75, 3.05) is 5.73 Å². The molecule has 0 atom stereocenters. The van der Waals surface area contributed by atoms with E-state index in [1.807, 2.05) is 30.3 Å². The highest BCUT2D eigenvalue weighted by Crippen LogP contribution is 2.32. The van der Waals surface area contributed by atoms with Crippen molar-refractivity contribution < 1.29 is 4.42 Å². The summed E-state index contributed by atoms with van der Waals surface area (Å²) in [6.07, 6.45) is 0. The number of rotatable bonds is 1. The number of nitrogens with two attached hydrogens (primary N) is 1. The predicted molar refractivity (Wildman–Crippen MR) is 54.8 cm³/mol. The molecule has 14 heavy (non-hydrogen) atoms. The summed E-state index contributed by atoms with van der Waals surface area (Å²) in [6.45, 7) is 6.81. The Kier molecular flexibility index (Phi) is 1.96. The first-order valence-electron chi connectivity index (χ1n) is 4.13. The number of nitrogen functional groups attached to an aromatic ring is 1. The highest BCUT2D eigenvalue weighted by molar-refractivity contribution is 5.70. The fourth-order valence-electron chi connectivity index (χ4n) is 1.23. The number of furan rings is 1. The summed E-state index contributed by atoms with van der Waals surface area (Å²) < 4.78 is 5.27. The molecule has 0 spiro atoms. The number of anilines is 1. The van der Waals surface area contributed by atoms with Crippen LogP contribution in [0.3, 0.4) is 0 Å². The monoisotopic (exact) mass is 184 g/mol. The predicted octanol–water partition coefficient (Wildman–Crippen LogP) is 3.08. The molecule has 0 radical (unpaired) electrons. The number of hydrogen-bond donors (Lipinski definition) is 1. The molecule has 1 heterocycles. The van der Waals surface area contributed by atoms with Crippen LogP contribution in [0.2, 0.25) is 0 Å². The highest BCUT2D eigenvalue weighted by atomic mass is 16.4. The average Bonchev–Trinajstić information content (AvgIpc) is 2.61. The van der Waals surface area contributed by atoms with E-state index in [1.165, 1.54) is 0 Å². The maximum Gasteiger partial charge on any atom is 0.368 e. The minimum absolute atomic E-state index is 0.156. The van der Waals surface area contributed by atoms with Gasteiger partial charge >= 0.3 is 5.88 Å². The topological polar surface area (TPSA) is 43.5 Å². The van der Waals surface area contributed by atoms with Crippen LogP contribution in [0.5, 0.6) is 0 Å². The third-order valence-corrected chi connectivity index (χ3v) is 1.90. The molecular formula is C11H8N2O. The fraction of sp³-hybridized carbons (Fsp3) is 0. The maximum atomic E-state index is 6.81. The van der Waals surface area contributed by atoms with E-state index in [1.54, 1.807) is 6.07 Å². The van der Waals surface area contributed by atoms with Gasteiger partial charge in [-0.15, -0.1) is 0 Å². The van der Waals surface area contributed by atoms with Crippen molar-refractivity contribution in [2.45, 2.75) is 0 Å². The molecule has 1 aromatic heterocycles. The van der Waals surface area contributed by atoms with Crippen LogP contribution in [-0.4, -0.2) is 0 Å². The summed E-state index contributed by atoms with van der Waals surface area (Å²) >= 11 is 0. The van der Waals surface area contributed by atoms with Crippen molar-refractivity contribution >= 4 is 11.6 Å². The SMILES string of the molecule is [C-]#[N+]c1oc(-c2ccccc2)cc1N. The molecule has 0 aliphatic heterocycles. The summed E-state index contributed by atoms with van der Waals surface area (Å²) in [5.74, 6) is 0.790. The van der Waals surface area contributed by atoms with E-state index in [2.05, 4.69) is 4.85 Å². The van der Waals surface area contributed by atoms with Crippen molar-refractivity contribution in [1.82, 2.24) is 0 Å². The summed E-state index contributed by atoms with van der Waals surface area (Å²) in [4.78, 5) is 3.17. The zero-order valence-electron chi connectivity index (χ0n) is 7.40. The van der Waals surface area contributed by atoms with Crippen LogP contribution in [0.4, 0.5) is 11.6 Å². The second-order valence-electron chi connectivity index (χ2n) is 2.85. The van der Waals surface area contributed by atoms with Crippen molar-refractivity contribution in [3.8, 4) is 11.3 Å². The van der Waals surface area contributed by atoms with Crippen molar-refractivity contribution in [3.05, 3.63) is 47.8 Å². The lowest BCUT2D eigenvalue weighted by Gasteiger charge is -1.93. The number of hydrogen-bond acceptors (Lipinski definition) is 2. The van der Waals surface area contributed by atoms with Gasteiger partial charge in [-0.05, 0) is 6.07 Å². The van der Waals surface area contributed by atoms with Gasteiger partial charge in [0.05, 0.1) is 12.3 Å². The second-order valence-corrected chi connectivity index (χ2v) is 2.85. The Morgan fingerprint density at radius 2 is 1.93 bits per heavy atom. The van der Waals surface area contributed by atoms with E-state index in [4.69, 9.17) is 16.7 Å². The van der Waals surface area contributed by atoms with Crippen molar-refractivity contribution in [2.24, 2.45) is 0 Å². The van der Waals surface area contributed by atoms with Crippen LogP contribution in [0.25, 0.3) is 16.2 Å². The Labute approximate surface area is 81.6 Å². The molecule has 0 unspecified atom stereocenters. The van der Waals surface area contributed by atoms with Gasteiger partial charge in [0.25, 0.3) is 0 Å². The van der Waals surface area contributed by atoms with E-state index in [0.29, 0.717) is 11.4 Å². The zero-order chi connectivity index (χ0) is 9.97. The molecule has 68 valence electrons. The van der Waals surface area contributed by atoms with Crippen LogP contribution in [0, 0.1) is 6.57 Å². The van der Waals surface area contributed by atoms with Gasteiger partial charge in [-0.2, -0.15) is 4.85 Å². The fourth-order valence-corrected chi connectivity index (χ4v) is 1.23. The standard InChI is InChI=1S/C11H8N2O/c1-13-11-9(12)7-10(14-11)8-5-3-2-4-6-8/h2-7H,12H2. The summed E-state index contributed by atoms with van der Waals surface area (Å²) in [5, 5.41) is 0. The molecule has 3 nitrogen and oxygen atoms in total. The molecule has 0 bridgehead atoms. The molecule has 1 aromatic carbocycles. The Bertz CT molecular complexity index is 480. The summed E-state index contributed by atoms with van der Waals surface area (Å²) in [7, 11) is 0. The second kappa shape index (κ2) is 3.27. The molecule has 0 aliphatic rings. The third-order valence-electron chi connectivity index (χ3n) is 1.90. The molecule has 0 amide bonds. The summed E-state index contributed by atoms with van der Waals surface area (Å²) in [5.41, 5.74) is 6.89. The van der Waals surface area contributed by atoms with Crippen LogP contribution in [0.1, 0.15) is 0 Å². The van der Waals surface area contributed by atoms with Gasteiger partial charge < -0.3 is 10.2 Å². The quantitative estimate of drug-likeness (QED) is 0.692. The molecular weight excluding hydrogens is 176 g/mol. The van der Waals surface area contributed by atoms with Crippen molar-refractivity contribution in [1.29, 1.82) is 0 Å². The Balaban J connectivity index is 2.50. The van der Waals surface area contributed by atoms with Gasteiger partial charge in [-0.3, -0.25) is 0 Å². The Morgan fingerprint density at radius 3 is 2.50 bits per heavy atom. The number of nitrogens with zero attached hydrogens (tertiary/aromatic N) is 1. The highest BCUT2D eigenvalue weighted by Gasteiger charge is 2.08. The molecule has 2 N–H and O–H groups in total. The summed E-state index contributed by atoms with van der Waals surface area (Å²) in [6, 6.07) is 11.2. The van der Waals surface area contributed by atoms with Gasteiger partial charge in [0.1, 0.15) is 5.76 Å². The first kappa shape index (κ1) is 8.39. The lowest BCUT2D eigenvalue weighted by atomic mass is 10.2. The number of benzene rings is 1. The first-order chi connectivity index (χ1) is 6.81.